The van der Waals surface area contributed by atoms with E-state index in [2.05, 4.69) is 30.6 Å². The fourth-order valence-corrected chi connectivity index (χ4v) is 3.09. The van der Waals surface area contributed by atoms with Gasteiger partial charge in [-0.3, -0.25) is 0 Å². The van der Waals surface area contributed by atoms with Crippen LogP contribution in [-0.2, 0) is 0 Å². The molecule has 0 aliphatic carbocycles. The zero-order valence-corrected chi connectivity index (χ0v) is 11.3. The average molecular weight is 224 g/mol. The summed E-state index contributed by atoms with van der Waals surface area (Å²) in [5.74, 6) is 1.91. The summed E-state index contributed by atoms with van der Waals surface area (Å²) >= 11 is 0. The number of hydrogen-bond acceptors (Lipinski definition) is 2. The van der Waals surface area contributed by atoms with Crippen LogP contribution < -0.4 is 0 Å². The molecule has 2 rings (SSSR count). The van der Waals surface area contributed by atoms with Crippen LogP contribution in [0.4, 0.5) is 0 Å². The molecule has 0 unspecified atom stereocenters. The highest BCUT2D eigenvalue weighted by molar-refractivity contribution is 4.81. The Morgan fingerprint density at radius 2 is 1.75 bits per heavy atom. The van der Waals surface area contributed by atoms with Gasteiger partial charge in [0.25, 0.3) is 0 Å². The average Bonchev–Trinajstić information content (AvgIpc) is 2.70. The van der Waals surface area contributed by atoms with Gasteiger partial charge >= 0.3 is 0 Å². The second kappa shape index (κ2) is 5.50. The largest absolute Gasteiger partial charge is 0.303 e. The second-order valence-electron chi connectivity index (χ2n) is 6.23. The van der Waals surface area contributed by atoms with E-state index in [0.717, 1.165) is 17.9 Å². The summed E-state index contributed by atoms with van der Waals surface area (Å²) in [5, 5.41) is 0. The molecular weight excluding hydrogens is 196 g/mol. The number of piperidine rings is 1. The molecule has 0 radical (unpaired) electrons. The summed E-state index contributed by atoms with van der Waals surface area (Å²) in [7, 11) is 0. The molecule has 2 heterocycles. The van der Waals surface area contributed by atoms with Gasteiger partial charge in [-0.2, -0.15) is 0 Å². The van der Waals surface area contributed by atoms with E-state index >= 15 is 0 Å². The molecule has 2 aliphatic rings. The SMILES string of the molecule is CC1CCN(C[C@@H]2CCN(C(C)C)C2)CC1. The highest BCUT2D eigenvalue weighted by Crippen LogP contribution is 2.22. The van der Waals surface area contributed by atoms with Crippen LogP contribution in [0.5, 0.6) is 0 Å². The van der Waals surface area contributed by atoms with Gasteiger partial charge in [0.2, 0.25) is 0 Å². The third-order valence-electron chi connectivity index (χ3n) is 4.44. The lowest BCUT2D eigenvalue weighted by Gasteiger charge is -2.32. The minimum atomic E-state index is 0.742. The first kappa shape index (κ1) is 12.4. The van der Waals surface area contributed by atoms with Crippen LogP contribution in [0.2, 0.25) is 0 Å². The van der Waals surface area contributed by atoms with Crippen LogP contribution in [0.1, 0.15) is 40.0 Å². The van der Waals surface area contributed by atoms with Crippen molar-refractivity contribution in [1.82, 2.24) is 9.80 Å². The lowest BCUT2D eigenvalue weighted by Crippen LogP contribution is -2.37. The molecule has 16 heavy (non-hydrogen) atoms. The predicted molar refractivity (Wildman–Crippen MR) is 69.7 cm³/mol. The van der Waals surface area contributed by atoms with Crippen molar-refractivity contribution in [2.75, 3.05) is 32.7 Å². The van der Waals surface area contributed by atoms with E-state index in [1.807, 2.05) is 0 Å². The molecule has 1 atom stereocenters. The Morgan fingerprint density at radius 3 is 2.31 bits per heavy atom. The maximum absolute atomic E-state index is 2.70. The van der Waals surface area contributed by atoms with Crippen LogP contribution in [0.25, 0.3) is 0 Å². The van der Waals surface area contributed by atoms with Gasteiger partial charge in [-0.15, -0.1) is 0 Å². The summed E-state index contributed by atoms with van der Waals surface area (Å²) < 4.78 is 0. The molecule has 2 nitrogen and oxygen atoms in total. The number of hydrogen-bond donors (Lipinski definition) is 0. The molecular formula is C14H28N2. The fraction of sp³-hybridized carbons (Fsp3) is 1.00. The van der Waals surface area contributed by atoms with Gasteiger partial charge in [0, 0.05) is 19.1 Å². The molecule has 2 fully saturated rings. The number of nitrogens with zero attached hydrogens (tertiary/aromatic N) is 2. The van der Waals surface area contributed by atoms with Crippen molar-refractivity contribution in [2.45, 2.75) is 46.1 Å². The Balaban J connectivity index is 1.71. The Bertz CT molecular complexity index is 207. The zero-order chi connectivity index (χ0) is 11.5. The van der Waals surface area contributed by atoms with E-state index in [9.17, 15) is 0 Å². The van der Waals surface area contributed by atoms with Gasteiger partial charge in [0.1, 0.15) is 0 Å². The third kappa shape index (κ3) is 3.21. The van der Waals surface area contributed by atoms with Crippen molar-refractivity contribution in [3.05, 3.63) is 0 Å². The monoisotopic (exact) mass is 224 g/mol. The summed E-state index contributed by atoms with van der Waals surface area (Å²) in [6.45, 7) is 13.8. The molecule has 0 bridgehead atoms. The first-order valence-corrected chi connectivity index (χ1v) is 7.11. The summed E-state index contributed by atoms with van der Waals surface area (Å²) in [6.07, 6.45) is 4.26. The molecule has 0 N–H and O–H groups in total. The summed E-state index contributed by atoms with van der Waals surface area (Å²) in [4.78, 5) is 5.34. The molecule has 0 aromatic rings. The lowest BCUT2D eigenvalue weighted by atomic mass is 9.98. The first-order valence-electron chi connectivity index (χ1n) is 7.11. The van der Waals surface area contributed by atoms with E-state index in [1.54, 1.807) is 0 Å². The molecule has 0 amide bonds. The van der Waals surface area contributed by atoms with E-state index in [0.29, 0.717) is 0 Å². The van der Waals surface area contributed by atoms with Gasteiger partial charge in [-0.05, 0) is 64.6 Å². The van der Waals surface area contributed by atoms with Crippen molar-refractivity contribution < 1.29 is 0 Å². The van der Waals surface area contributed by atoms with Gasteiger partial charge < -0.3 is 9.80 Å². The molecule has 2 saturated heterocycles. The molecule has 94 valence electrons. The Hall–Kier alpha value is -0.0800. The second-order valence-corrected chi connectivity index (χ2v) is 6.23. The van der Waals surface area contributed by atoms with E-state index in [4.69, 9.17) is 0 Å². The molecule has 2 aliphatic heterocycles. The smallest absolute Gasteiger partial charge is 0.00387 e. The minimum Gasteiger partial charge on any atom is -0.303 e. The predicted octanol–water partition coefficient (Wildman–Crippen LogP) is 2.45. The van der Waals surface area contributed by atoms with Crippen LogP contribution in [-0.4, -0.2) is 48.6 Å². The maximum atomic E-state index is 2.70. The fourth-order valence-electron chi connectivity index (χ4n) is 3.09. The standard InChI is InChI=1S/C14H28N2/c1-12(2)16-9-6-14(11-16)10-15-7-4-13(3)5-8-15/h12-14H,4-11H2,1-3H3/t14-/m0/s1. The summed E-state index contributed by atoms with van der Waals surface area (Å²) in [6, 6.07) is 0.742. The van der Waals surface area contributed by atoms with Crippen molar-refractivity contribution >= 4 is 0 Å². The van der Waals surface area contributed by atoms with E-state index in [1.165, 1.54) is 52.0 Å². The Morgan fingerprint density at radius 1 is 1.06 bits per heavy atom. The Kier molecular flexibility index (Phi) is 4.26. The topological polar surface area (TPSA) is 6.48 Å². The molecule has 0 aromatic heterocycles. The first-order chi connectivity index (χ1) is 7.65. The van der Waals surface area contributed by atoms with Crippen LogP contribution in [0.3, 0.4) is 0 Å². The van der Waals surface area contributed by atoms with E-state index < -0.39 is 0 Å². The van der Waals surface area contributed by atoms with Crippen molar-refractivity contribution in [3.63, 3.8) is 0 Å². The van der Waals surface area contributed by atoms with Gasteiger partial charge in [-0.1, -0.05) is 6.92 Å². The third-order valence-corrected chi connectivity index (χ3v) is 4.44. The highest BCUT2D eigenvalue weighted by atomic mass is 15.2. The van der Waals surface area contributed by atoms with Crippen LogP contribution >= 0.6 is 0 Å². The van der Waals surface area contributed by atoms with Crippen LogP contribution in [0.15, 0.2) is 0 Å². The maximum Gasteiger partial charge on any atom is 0.00387 e. The normalized spacial score (nSPS) is 30.4. The number of rotatable bonds is 3. The number of likely N-dealkylation sites (tertiary alicyclic amines) is 2. The van der Waals surface area contributed by atoms with Crippen LogP contribution in [0, 0.1) is 11.8 Å². The van der Waals surface area contributed by atoms with Crippen molar-refractivity contribution in [1.29, 1.82) is 0 Å². The molecule has 2 heteroatoms. The van der Waals surface area contributed by atoms with Gasteiger partial charge in [0.05, 0.1) is 0 Å². The summed E-state index contributed by atoms with van der Waals surface area (Å²) in [5.41, 5.74) is 0. The molecule has 0 spiro atoms. The quantitative estimate of drug-likeness (QED) is 0.726. The van der Waals surface area contributed by atoms with Crippen molar-refractivity contribution in [2.24, 2.45) is 11.8 Å². The minimum absolute atomic E-state index is 0.742. The lowest BCUT2D eigenvalue weighted by molar-refractivity contribution is 0.163. The molecule has 0 saturated carbocycles. The van der Waals surface area contributed by atoms with Gasteiger partial charge in [-0.25, -0.2) is 0 Å². The van der Waals surface area contributed by atoms with Gasteiger partial charge in [0.15, 0.2) is 0 Å². The Labute approximate surface area is 101 Å². The van der Waals surface area contributed by atoms with Crippen molar-refractivity contribution in [3.8, 4) is 0 Å². The van der Waals surface area contributed by atoms with E-state index in [-0.39, 0.29) is 0 Å². The highest BCUT2D eigenvalue weighted by Gasteiger charge is 2.26. The zero-order valence-electron chi connectivity index (χ0n) is 11.3. The molecule has 0 aromatic carbocycles.